The number of aromatic amines is 1. The van der Waals surface area contributed by atoms with Crippen molar-refractivity contribution in [2.45, 2.75) is 24.2 Å². The highest BCUT2D eigenvalue weighted by atomic mass is 32.2. The van der Waals surface area contributed by atoms with E-state index in [-0.39, 0.29) is 11.9 Å². The molecule has 1 atom stereocenters. The van der Waals surface area contributed by atoms with Crippen LogP contribution < -0.4 is 5.32 Å². The number of thiazole rings is 1. The van der Waals surface area contributed by atoms with Crippen molar-refractivity contribution >= 4 is 29.0 Å². The lowest BCUT2D eigenvalue weighted by Gasteiger charge is -2.09. The number of thioether (sulfide) groups is 1. The second-order valence-corrected chi connectivity index (χ2v) is 5.76. The molecule has 0 saturated carbocycles. The summed E-state index contributed by atoms with van der Waals surface area (Å²) in [7, 11) is 0. The molecule has 0 bridgehead atoms. The zero-order valence-corrected chi connectivity index (χ0v) is 12.0. The molecule has 0 spiro atoms. The molecule has 0 radical (unpaired) electrons. The van der Waals surface area contributed by atoms with E-state index < -0.39 is 0 Å². The van der Waals surface area contributed by atoms with Gasteiger partial charge in [0.05, 0.1) is 6.04 Å². The molecule has 2 N–H and O–H groups in total. The van der Waals surface area contributed by atoms with Crippen molar-refractivity contribution in [3.63, 3.8) is 0 Å². The number of amides is 1. The van der Waals surface area contributed by atoms with Crippen LogP contribution in [-0.4, -0.2) is 27.1 Å². The first-order valence-electron chi connectivity index (χ1n) is 5.42. The maximum Gasteiger partial charge on any atom is 0.271 e. The third-order valence-corrected chi connectivity index (χ3v) is 4.23. The summed E-state index contributed by atoms with van der Waals surface area (Å²) in [5, 5.41) is 4.63. The lowest BCUT2D eigenvalue weighted by Crippen LogP contribution is -2.27. The maximum atomic E-state index is 11.9. The molecule has 1 amide bonds. The summed E-state index contributed by atoms with van der Waals surface area (Å²) >= 11 is 3.01. The number of imidazole rings is 1. The Labute approximate surface area is 113 Å². The summed E-state index contributed by atoms with van der Waals surface area (Å²) in [5.74, 6) is 0.578. The molecule has 2 aromatic heterocycles. The second kappa shape index (κ2) is 5.53. The molecule has 0 saturated heterocycles. The number of nitrogens with one attached hydrogen (secondary N) is 2. The number of carbonyl (C=O) groups excluding carboxylic acids is 1. The van der Waals surface area contributed by atoms with Crippen LogP contribution in [0.15, 0.2) is 15.9 Å². The predicted octanol–water partition coefficient (Wildman–Crippen LogP) is 2.39. The van der Waals surface area contributed by atoms with Crippen LogP contribution in [0.1, 0.15) is 35.0 Å². The second-order valence-electron chi connectivity index (χ2n) is 3.85. The van der Waals surface area contributed by atoms with Gasteiger partial charge in [-0.05, 0) is 20.1 Å². The highest BCUT2D eigenvalue weighted by Crippen LogP contribution is 2.20. The highest BCUT2D eigenvalue weighted by Gasteiger charge is 2.15. The summed E-state index contributed by atoms with van der Waals surface area (Å²) < 4.78 is 0.890. The third kappa shape index (κ3) is 2.91. The van der Waals surface area contributed by atoms with Gasteiger partial charge in [-0.2, -0.15) is 0 Å². The van der Waals surface area contributed by atoms with E-state index in [2.05, 4.69) is 20.3 Å². The van der Waals surface area contributed by atoms with Crippen LogP contribution in [0.5, 0.6) is 0 Å². The van der Waals surface area contributed by atoms with Crippen LogP contribution in [0, 0.1) is 6.92 Å². The molecular weight excluding hydrogens is 268 g/mol. The van der Waals surface area contributed by atoms with Gasteiger partial charge in [-0.15, -0.1) is 11.3 Å². The molecule has 0 aliphatic rings. The summed E-state index contributed by atoms with van der Waals surface area (Å²) in [6, 6.07) is -0.161. The minimum atomic E-state index is -0.173. The number of carbonyl (C=O) groups is 1. The number of H-pyrrole nitrogens is 1. The topological polar surface area (TPSA) is 70.7 Å². The van der Waals surface area contributed by atoms with E-state index >= 15 is 0 Å². The average Bonchev–Trinajstić information content (AvgIpc) is 2.97. The molecule has 0 aliphatic carbocycles. The number of hydrogen-bond donors (Lipinski definition) is 2. The van der Waals surface area contributed by atoms with Gasteiger partial charge in [0.25, 0.3) is 5.91 Å². The molecular formula is C11H14N4OS2. The molecule has 2 heterocycles. The van der Waals surface area contributed by atoms with Crippen molar-refractivity contribution in [1.29, 1.82) is 0 Å². The fourth-order valence-electron chi connectivity index (χ4n) is 1.45. The Morgan fingerprint density at radius 1 is 1.61 bits per heavy atom. The van der Waals surface area contributed by atoms with Gasteiger partial charge in [0.2, 0.25) is 0 Å². The Kier molecular flexibility index (Phi) is 4.03. The van der Waals surface area contributed by atoms with Crippen LogP contribution in [0.25, 0.3) is 0 Å². The maximum absolute atomic E-state index is 11.9. The van der Waals surface area contributed by atoms with Gasteiger partial charge < -0.3 is 10.3 Å². The standard InChI is InChI=1S/C11H14N4OS2/c1-6-4-12-9(13-6)7(2)14-10(16)8-5-18-11(15-8)17-3/h4-5,7H,1-3H3,(H,12,13)(H,14,16)/t7-/m1/s1. The van der Waals surface area contributed by atoms with Crippen LogP contribution in [0.4, 0.5) is 0 Å². The van der Waals surface area contributed by atoms with Crippen molar-refractivity contribution in [3.05, 3.63) is 28.8 Å². The molecule has 7 heteroatoms. The Hall–Kier alpha value is -1.34. The van der Waals surface area contributed by atoms with Gasteiger partial charge in [0.1, 0.15) is 15.9 Å². The van der Waals surface area contributed by atoms with E-state index in [9.17, 15) is 4.79 Å². The Morgan fingerprint density at radius 3 is 2.94 bits per heavy atom. The summed E-state index contributed by atoms with van der Waals surface area (Å²) in [4.78, 5) is 23.5. The number of nitrogens with zero attached hydrogens (tertiary/aromatic N) is 2. The Bertz CT molecular complexity index is 549. The van der Waals surface area contributed by atoms with Gasteiger partial charge in [0, 0.05) is 17.3 Å². The van der Waals surface area contributed by atoms with Gasteiger partial charge in [-0.25, -0.2) is 9.97 Å². The van der Waals surface area contributed by atoms with Gasteiger partial charge in [-0.1, -0.05) is 11.8 Å². The number of hydrogen-bond acceptors (Lipinski definition) is 5. The molecule has 0 aliphatic heterocycles. The van der Waals surface area contributed by atoms with E-state index in [0.29, 0.717) is 5.69 Å². The summed E-state index contributed by atoms with van der Waals surface area (Å²) in [6.45, 7) is 3.81. The van der Waals surface area contributed by atoms with Crippen molar-refractivity contribution in [3.8, 4) is 0 Å². The van der Waals surface area contributed by atoms with E-state index in [1.54, 1.807) is 11.6 Å². The first-order valence-corrected chi connectivity index (χ1v) is 7.52. The van der Waals surface area contributed by atoms with Crippen LogP contribution in [-0.2, 0) is 0 Å². The van der Waals surface area contributed by atoms with Gasteiger partial charge in [0.15, 0.2) is 0 Å². The molecule has 5 nitrogen and oxygen atoms in total. The monoisotopic (exact) mass is 282 g/mol. The fourth-order valence-corrected chi connectivity index (χ4v) is 2.69. The lowest BCUT2D eigenvalue weighted by atomic mass is 10.3. The SMILES string of the molecule is CSc1nc(C(=O)N[C@H](C)c2ncc(C)[nH]2)cs1. The Balaban J connectivity index is 2.02. The number of aryl methyl sites for hydroxylation is 1. The van der Waals surface area contributed by atoms with Crippen molar-refractivity contribution in [2.75, 3.05) is 6.26 Å². The quantitative estimate of drug-likeness (QED) is 0.845. The predicted molar refractivity (Wildman–Crippen MR) is 73.1 cm³/mol. The van der Waals surface area contributed by atoms with Crippen molar-refractivity contribution in [1.82, 2.24) is 20.3 Å². The van der Waals surface area contributed by atoms with Gasteiger partial charge >= 0.3 is 0 Å². The smallest absolute Gasteiger partial charge is 0.271 e. The van der Waals surface area contributed by atoms with E-state index in [0.717, 1.165) is 15.9 Å². The lowest BCUT2D eigenvalue weighted by molar-refractivity contribution is 0.0933. The molecule has 96 valence electrons. The van der Waals surface area contributed by atoms with Crippen LogP contribution >= 0.6 is 23.1 Å². The largest absolute Gasteiger partial charge is 0.344 e. The Morgan fingerprint density at radius 2 is 2.39 bits per heavy atom. The fraction of sp³-hybridized carbons (Fsp3) is 0.364. The summed E-state index contributed by atoms with van der Waals surface area (Å²) in [6.07, 6.45) is 3.68. The molecule has 0 unspecified atom stereocenters. The van der Waals surface area contributed by atoms with Crippen molar-refractivity contribution in [2.24, 2.45) is 0 Å². The average molecular weight is 282 g/mol. The van der Waals surface area contributed by atoms with E-state index in [1.165, 1.54) is 23.1 Å². The highest BCUT2D eigenvalue weighted by molar-refractivity contribution is 8.00. The van der Waals surface area contributed by atoms with Crippen LogP contribution in [0.2, 0.25) is 0 Å². The van der Waals surface area contributed by atoms with Crippen LogP contribution in [0.3, 0.4) is 0 Å². The minimum Gasteiger partial charge on any atom is -0.344 e. The first kappa shape index (κ1) is 13.1. The normalized spacial score (nSPS) is 12.4. The third-order valence-electron chi connectivity index (χ3n) is 2.37. The van der Waals surface area contributed by atoms with E-state index in [1.807, 2.05) is 20.1 Å². The molecule has 0 aromatic carbocycles. The molecule has 2 rings (SSSR count). The minimum absolute atomic E-state index is 0.161. The van der Waals surface area contributed by atoms with E-state index in [4.69, 9.17) is 0 Å². The summed E-state index contributed by atoms with van der Waals surface area (Å²) in [5.41, 5.74) is 1.43. The number of rotatable bonds is 4. The van der Waals surface area contributed by atoms with Gasteiger partial charge in [-0.3, -0.25) is 4.79 Å². The zero-order chi connectivity index (χ0) is 13.1. The van der Waals surface area contributed by atoms with Crippen molar-refractivity contribution < 1.29 is 4.79 Å². The molecule has 0 fully saturated rings. The molecule has 2 aromatic rings. The zero-order valence-electron chi connectivity index (χ0n) is 10.4. The number of aromatic nitrogens is 3. The molecule has 18 heavy (non-hydrogen) atoms. The first-order chi connectivity index (χ1) is 8.60.